The molecule has 30 heavy (non-hydrogen) atoms. The molecule has 1 N–H and O–H groups in total. The third kappa shape index (κ3) is 4.50. The summed E-state index contributed by atoms with van der Waals surface area (Å²) in [6.07, 6.45) is 9.21. The molecule has 0 spiro atoms. The van der Waals surface area contributed by atoms with Gasteiger partial charge in [0.1, 0.15) is 6.67 Å². The Morgan fingerprint density at radius 2 is 2.20 bits per heavy atom. The van der Waals surface area contributed by atoms with Crippen LogP contribution in [0.25, 0.3) is 0 Å². The standard InChI is InChI=1S/C23H25ClN2O4/c1-16(18-10-4-3-5-11-18)25(2)15-26(30)21(23(28)29)20(22(26)27)13-7-9-17-8-6-12-19(24)14-17/h3-6,8,10,12,14,16,18,20-21H,9,11,15H2,1-2H3,(H,28,29)/t16-,18?,20-,21+,26?/m1/s1. The van der Waals surface area contributed by atoms with Gasteiger partial charge in [-0.2, -0.15) is 0 Å². The first-order valence-corrected chi connectivity index (χ1v) is 10.2. The van der Waals surface area contributed by atoms with E-state index >= 15 is 0 Å². The van der Waals surface area contributed by atoms with Crippen molar-refractivity contribution in [2.24, 2.45) is 11.8 Å². The third-order valence-corrected chi connectivity index (χ3v) is 6.09. The quantitative estimate of drug-likeness (QED) is 0.325. The highest BCUT2D eigenvalue weighted by molar-refractivity contribution is 6.30. The van der Waals surface area contributed by atoms with Gasteiger partial charge < -0.3 is 10.3 Å². The molecule has 2 aliphatic rings. The number of amides is 1. The van der Waals surface area contributed by atoms with E-state index in [9.17, 15) is 19.9 Å². The zero-order valence-corrected chi connectivity index (χ0v) is 17.7. The number of allylic oxidation sites excluding steroid dienone is 3. The number of hydroxylamine groups is 3. The third-order valence-electron chi connectivity index (χ3n) is 5.86. The van der Waals surface area contributed by atoms with Crippen LogP contribution in [0.5, 0.6) is 0 Å². The molecule has 1 fully saturated rings. The van der Waals surface area contributed by atoms with E-state index in [2.05, 4.69) is 24.0 Å². The van der Waals surface area contributed by atoms with E-state index in [1.807, 2.05) is 25.1 Å². The second-order valence-electron chi connectivity index (χ2n) is 7.87. The van der Waals surface area contributed by atoms with Crippen LogP contribution in [0, 0.1) is 28.9 Å². The number of nitrogens with zero attached hydrogens (tertiary/aromatic N) is 2. The largest absolute Gasteiger partial charge is 0.624 e. The molecule has 7 heteroatoms. The van der Waals surface area contributed by atoms with Gasteiger partial charge in [-0.25, -0.2) is 9.59 Å². The summed E-state index contributed by atoms with van der Waals surface area (Å²) in [7, 11) is 1.75. The Hall–Kier alpha value is -2.43. The van der Waals surface area contributed by atoms with Gasteiger partial charge in [-0.05, 0) is 44.0 Å². The van der Waals surface area contributed by atoms with Crippen molar-refractivity contribution < 1.29 is 19.3 Å². The van der Waals surface area contributed by atoms with Gasteiger partial charge in [0.05, 0.1) is 0 Å². The minimum absolute atomic E-state index is 0.00893. The summed E-state index contributed by atoms with van der Waals surface area (Å²) < 4.78 is -1.40. The average Bonchev–Trinajstić information content (AvgIpc) is 2.72. The van der Waals surface area contributed by atoms with Crippen molar-refractivity contribution in [2.45, 2.75) is 31.8 Å². The van der Waals surface area contributed by atoms with Crippen LogP contribution in [0.3, 0.4) is 0 Å². The van der Waals surface area contributed by atoms with Gasteiger partial charge in [-0.3, -0.25) is 9.55 Å². The number of benzene rings is 1. The maximum absolute atomic E-state index is 13.2. The first-order valence-electron chi connectivity index (χ1n) is 9.86. The van der Waals surface area contributed by atoms with Crippen LogP contribution < -0.4 is 0 Å². The van der Waals surface area contributed by atoms with Crippen molar-refractivity contribution in [1.29, 1.82) is 0 Å². The minimum atomic E-state index is -1.42. The SMILES string of the molecule is C[C@H](C1C=CC=CC1)N(C)C[N+]1([O-])C(=O)[C@H](C#CCc2cccc(Cl)c2)[C@H]1C(=O)O. The lowest BCUT2D eigenvalue weighted by Crippen LogP contribution is -2.76. The first kappa shape index (κ1) is 22.3. The molecule has 0 saturated carbocycles. The van der Waals surface area contributed by atoms with Crippen LogP contribution in [-0.4, -0.2) is 52.3 Å². The van der Waals surface area contributed by atoms with Crippen molar-refractivity contribution in [3.05, 3.63) is 64.4 Å². The fraction of sp³-hybridized carbons (Fsp3) is 0.391. The molecule has 1 saturated heterocycles. The Bertz CT molecular complexity index is 948. The molecule has 0 radical (unpaired) electrons. The van der Waals surface area contributed by atoms with E-state index in [0.717, 1.165) is 12.0 Å². The van der Waals surface area contributed by atoms with E-state index in [1.54, 1.807) is 30.1 Å². The lowest BCUT2D eigenvalue weighted by Gasteiger charge is -2.55. The van der Waals surface area contributed by atoms with Gasteiger partial charge >= 0.3 is 11.9 Å². The molecular formula is C23H25ClN2O4. The molecule has 1 aliphatic carbocycles. The maximum Gasteiger partial charge on any atom is 0.365 e. The normalized spacial score (nSPS) is 28.6. The van der Waals surface area contributed by atoms with Gasteiger partial charge in [0.2, 0.25) is 6.04 Å². The molecule has 2 unspecified atom stereocenters. The van der Waals surface area contributed by atoms with E-state index in [4.69, 9.17) is 11.6 Å². The molecule has 1 amide bonds. The number of rotatable bonds is 6. The fourth-order valence-electron chi connectivity index (χ4n) is 3.94. The monoisotopic (exact) mass is 428 g/mol. The highest BCUT2D eigenvalue weighted by Crippen LogP contribution is 2.36. The van der Waals surface area contributed by atoms with Crippen LogP contribution in [0.15, 0.2) is 48.6 Å². The molecule has 6 nitrogen and oxygen atoms in total. The van der Waals surface area contributed by atoms with Gasteiger partial charge in [0, 0.05) is 17.5 Å². The van der Waals surface area contributed by atoms with Crippen molar-refractivity contribution in [2.75, 3.05) is 13.7 Å². The first-order chi connectivity index (χ1) is 14.2. The summed E-state index contributed by atoms with van der Waals surface area (Å²) in [5, 5.41) is 23.4. The van der Waals surface area contributed by atoms with Gasteiger partial charge in [0.25, 0.3) is 0 Å². The smallest absolute Gasteiger partial charge is 0.365 e. The van der Waals surface area contributed by atoms with Gasteiger partial charge in [-0.1, -0.05) is 59.9 Å². The Morgan fingerprint density at radius 3 is 2.83 bits per heavy atom. The number of carboxylic acids is 1. The topological polar surface area (TPSA) is 80.7 Å². The van der Waals surface area contributed by atoms with Crippen molar-refractivity contribution in [3.8, 4) is 11.8 Å². The second kappa shape index (κ2) is 9.15. The average molecular weight is 429 g/mol. The number of hydrogen-bond donors (Lipinski definition) is 1. The minimum Gasteiger partial charge on any atom is -0.624 e. The molecule has 158 valence electrons. The van der Waals surface area contributed by atoms with Crippen LogP contribution in [0.1, 0.15) is 18.9 Å². The number of carbonyl (C=O) groups excluding carboxylic acids is 1. The number of likely N-dealkylation sites (tertiary alicyclic amines) is 1. The molecule has 1 heterocycles. The molecule has 1 aromatic carbocycles. The molecular weight excluding hydrogens is 404 g/mol. The number of β-lactam (4-membered cyclic amide) rings is 1. The molecule has 0 bridgehead atoms. The number of halogens is 1. The zero-order valence-electron chi connectivity index (χ0n) is 17.0. The Morgan fingerprint density at radius 1 is 1.43 bits per heavy atom. The predicted molar refractivity (Wildman–Crippen MR) is 115 cm³/mol. The number of carboxylic acid groups (broad SMARTS) is 1. The second-order valence-corrected chi connectivity index (χ2v) is 8.31. The Labute approximate surface area is 181 Å². The van der Waals surface area contributed by atoms with E-state index < -0.39 is 28.5 Å². The fourth-order valence-corrected chi connectivity index (χ4v) is 4.15. The van der Waals surface area contributed by atoms with E-state index in [-0.39, 0.29) is 18.6 Å². The van der Waals surface area contributed by atoms with E-state index in [0.29, 0.717) is 11.4 Å². The van der Waals surface area contributed by atoms with Crippen LogP contribution in [0.2, 0.25) is 5.02 Å². The lowest BCUT2D eigenvalue weighted by molar-refractivity contribution is -0.867. The molecule has 1 aromatic rings. The van der Waals surface area contributed by atoms with Crippen LogP contribution in [0.4, 0.5) is 0 Å². The number of carbonyl (C=O) groups is 2. The molecule has 1 aliphatic heterocycles. The summed E-state index contributed by atoms with van der Waals surface area (Å²) in [5.41, 5.74) is 0.861. The summed E-state index contributed by atoms with van der Waals surface area (Å²) >= 11 is 5.94. The highest BCUT2D eigenvalue weighted by Gasteiger charge is 2.62. The van der Waals surface area contributed by atoms with E-state index in [1.165, 1.54) is 0 Å². The Kier molecular flexibility index (Phi) is 6.79. The van der Waals surface area contributed by atoms with Crippen molar-refractivity contribution in [3.63, 3.8) is 0 Å². The van der Waals surface area contributed by atoms with Crippen molar-refractivity contribution >= 4 is 23.5 Å². The summed E-state index contributed by atoms with van der Waals surface area (Å²) in [4.78, 5) is 26.2. The highest BCUT2D eigenvalue weighted by atomic mass is 35.5. The van der Waals surface area contributed by atoms with Crippen molar-refractivity contribution in [1.82, 2.24) is 4.90 Å². The summed E-state index contributed by atoms with van der Waals surface area (Å²) in [6, 6.07) is 5.71. The lowest BCUT2D eigenvalue weighted by atomic mass is 9.86. The van der Waals surface area contributed by atoms with Gasteiger partial charge in [0.15, 0.2) is 5.92 Å². The predicted octanol–water partition coefficient (Wildman–Crippen LogP) is 3.22. The summed E-state index contributed by atoms with van der Waals surface area (Å²) in [5.74, 6) is 2.67. The number of hydrogen-bond acceptors (Lipinski definition) is 4. The summed E-state index contributed by atoms with van der Waals surface area (Å²) in [6.45, 7) is 1.76. The van der Waals surface area contributed by atoms with Crippen LogP contribution >= 0.6 is 11.6 Å². The van der Waals surface area contributed by atoms with Gasteiger partial charge in [-0.15, -0.1) is 0 Å². The number of quaternary nitrogens is 1. The Balaban J connectivity index is 1.69. The molecule has 3 rings (SSSR count). The molecule has 0 aromatic heterocycles. The number of aliphatic carboxylic acids is 1. The molecule has 5 atom stereocenters. The maximum atomic E-state index is 13.2. The zero-order chi connectivity index (χ0) is 21.9. The van der Waals surface area contributed by atoms with Crippen LogP contribution in [-0.2, 0) is 16.0 Å².